The van der Waals surface area contributed by atoms with Crippen molar-refractivity contribution in [3.05, 3.63) is 42.0 Å². The first-order valence-corrected chi connectivity index (χ1v) is 8.34. The molecule has 0 amide bonds. The van der Waals surface area contributed by atoms with E-state index < -0.39 is 23.3 Å². The Bertz CT molecular complexity index is 767. The van der Waals surface area contributed by atoms with Crippen LogP contribution < -0.4 is 19.7 Å². The largest absolute Gasteiger partial charge is 0.487 e. The zero-order valence-electron chi connectivity index (χ0n) is 14.3. The van der Waals surface area contributed by atoms with Crippen LogP contribution in [0, 0.1) is 5.82 Å². The third-order valence-corrected chi connectivity index (χ3v) is 3.90. The predicted octanol–water partition coefficient (Wildman–Crippen LogP) is 2.50. The summed E-state index contributed by atoms with van der Waals surface area (Å²) in [6.07, 6.45) is -1.53. The second kappa shape index (κ2) is 8.38. The van der Waals surface area contributed by atoms with Crippen LogP contribution >= 0.6 is 0 Å². The second-order valence-corrected chi connectivity index (χ2v) is 5.76. The van der Waals surface area contributed by atoms with E-state index in [4.69, 9.17) is 9.47 Å². The number of hydrogen-bond donors (Lipinski definition) is 1. The summed E-state index contributed by atoms with van der Waals surface area (Å²) in [5.74, 6) is -0.462. The first-order chi connectivity index (χ1) is 12.9. The number of nitrogens with zero attached hydrogens (tertiary/aromatic N) is 3. The molecule has 6 nitrogen and oxygen atoms in total. The lowest BCUT2D eigenvalue weighted by Gasteiger charge is -2.28. The summed E-state index contributed by atoms with van der Waals surface area (Å²) in [7, 11) is 0. The number of hydrogen-bond acceptors (Lipinski definition) is 6. The van der Waals surface area contributed by atoms with Gasteiger partial charge in [-0.25, -0.2) is 14.4 Å². The third kappa shape index (κ3) is 4.97. The normalized spacial score (nSPS) is 14.9. The van der Waals surface area contributed by atoms with Gasteiger partial charge < -0.3 is 19.7 Å². The van der Waals surface area contributed by atoms with E-state index in [-0.39, 0.29) is 13.2 Å². The van der Waals surface area contributed by atoms with E-state index in [0.717, 1.165) is 32.2 Å². The Kier molecular flexibility index (Phi) is 5.94. The summed E-state index contributed by atoms with van der Waals surface area (Å²) < 4.78 is 62.4. The van der Waals surface area contributed by atoms with E-state index in [1.807, 2.05) is 4.90 Å². The van der Waals surface area contributed by atoms with Crippen molar-refractivity contribution < 1.29 is 27.0 Å². The van der Waals surface area contributed by atoms with Crippen molar-refractivity contribution in [1.82, 2.24) is 15.3 Å². The molecule has 1 aromatic heterocycles. The maximum absolute atomic E-state index is 13.6. The summed E-state index contributed by atoms with van der Waals surface area (Å²) in [6, 6.07) is 2.02. The Morgan fingerprint density at radius 3 is 2.48 bits per heavy atom. The van der Waals surface area contributed by atoms with Crippen LogP contribution in [0.1, 0.15) is 5.56 Å². The molecular formula is C17H18F4N4O2. The van der Waals surface area contributed by atoms with Gasteiger partial charge in [-0.2, -0.15) is 13.2 Å². The zero-order valence-corrected chi connectivity index (χ0v) is 14.3. The molecule has 0 bridgehead atoms. The van der Waals surface area contributed by atoms with Gasteiger partial charge in [-0.1, -0.05) is 0 Å². The number of anilines is 1. The van der Waals surface area contributed by atoms with Gasteiger partial charge in [0.05, 0.1) is 5.56 Å². The molecule has 1 fully saturated rings. The summed E-state index contributed by atoms with van der Waals surface area (Å²) >= 11 is 0. The van der Waals surface area contributed by atoms with Crippen molar-refractivity contribution in [2.24, 2.45) is 0 Å². The molecule has 1 saturated heterocycles. The lowest BCUT2D eigenvalue weighted by molar-refractivity contribution is -0.137. The molecule has 0 aliphatic carbocycles. The minimum Gasteiger partial charge on any atom is -0.487 e. The molecule has 0 unspecified atom stereocenters. The van der Waals surface area contributed by atoms with Gasteiger partial charge in [-0.15, -0.1) is 0 Å². The fourth-order valence-electron chi connectivity index (χ4n) is 2.59. The maximum Gasteiger partial charge on any atom is 0.416 e. The Balaban J connectivity index is 1.58. The topological polar surface area (TPSA) is 59.5 Å². The predicted molar refractivity (Wildman–Crippen MR) is 89.5 cm³/mol. The van der Waals surface area contributed by atoms with Crippen LogP contribution in [-0.4, -0.2) is 49.4 Å². The van der Waals surface area contributed by atoms with E-state index in [2.05, 4.69) is 15.3 Å². The lowest BCUT2D eigenvalue weighted by Crippen LogP contribution is -2.44. The highest BCUT2D eigenvalue weighted by molar-refractivity contribution is 5.48. The molecule has 2 aromatic rings. The molecule has 0 atom stereocenters. The first kappa shape index (κ1) is 19.2. The van der Waals surface area contributed by atoms with Gasteiger partial charge in [0.15, 0.2) is 17.4 Å². The number of nitrogens with one attached hydrogen (secondary N) is 1. The molecule has 27 heavy (non-hydrogen) atoms. The Morgan fingerprint density at radius 2 is 1.74 bits per heavy atom. The maximum atomic E-state index is 13.6. The van der Waals surface area contributed by atoms with Crippen molar-refractivity contribution in [2.75, 3.05) is 44.3 Å². The average molecular weight is 386 g/mol. The average Bonchev–Trinajstić information content (AvgIpc) is 2.66. The van der Waals surface area contributed by atoms with E-state index in [1.54, 1.807) is 6.20 Å². The quantitative estimate of drug-likeness (QED) is 0.608. The van der Waals surface area contributed by atoms with E-state index in [9.17, 15) is 17.6 Å². The molecular weight excluding hydrogens is 368 g/mol. The molecule has 2 heterocycles. The Hall–Kier alpha value is -2.62. The smallest absolute Gasteiger partial charge is 0.416 e. The highest BCUT2D eigenvalue weighted by atomic mass is 19.4. The fraction of sp³-hybridized carbons (Fsp3) is 0.412. The number of rotatable bonds is 6. The standard InChI is InChI=1S/C17H18F4N4O2/c18-13-2-1-12(17(19,20)21)11-14(13)26-9-10-27-16-15(23-3-4-24-16)25-7-5-22-6-8-25/h1-4,11,22H,5-10H2. The summed E-state index contributed by atoms with van der Waals surface area (Å²) in [4.78, 5) is 10.4. The minimum absolute atomic E-state index is 0.0204. The van der Waals surface area contributed by atoms with Gasteiger partial charge in [-0.05, 0) is 18.2 Å². The van der Waals surface area contributed by atoms with Gasteiger partial charge in [0.2, 0.25) is 0 Å². The first-order valence-electron chi connectivity index (χ1n) is 8.34. The van der Waals surface area contributed by atoms with Crippen molar-refractivity contribution in [3.8, 4) is 11.6 Å². The van der Waals surface area contributed by atoms with Crippen molar-refractivity contribution >= 4 is 5.82 Å². The molecule has 3 rings (SSSR count). The Morgan fingerprint density at radius 1 is 1.04 bits per heavy atom. The number of ether oxygens (including phenoxy) is 2. The monoisotopic (exact) mass is 386 g/mol. The van der Waals surface area contributed by atoms with E-state index >= 15 is 0 Å². The van der Waals surface area contributed by atoms with Crippen LogP contribution in [0.15, 0.2) is 30.6 Å². The molecule has 146 valence electrons. The molecule has 0 radical (unpaired) electrons. The van der Waals surface area contributed by atoms with Crippen LogP contribution in [0.5, 0.6) is 11.6 Å². The van der Waals surface area contributed by atoms with Crippen LogP contribution in [0.25, 0.3) is 0 Å². The molecule has 10 heteroatoms. The van der Waals surface area contributed by atoms with Crippen LogP contribution in [0.3, 0.4) is 0 Å². The van der Waals surface area contributed by atoms with Gasteiger partial charge in [0, 0.05) is 38.6 Å². The zero-order chi connectivity index (χ0) is 19.3. The number of halogens is 4. The van der Waals surface area contributed by atoms with Crippen molar-refractivity contribution in [3.63, 3.8) is 0 Å². The fourth-order valence-corrected chi connectivity index (χ4v) is 2.59. The van der Waals surface area contributed by atoms with E-state index in [0.29, 0.717) is 23.8 Å². The Labute approximate surface area is 153 Å². The van der Waals surface area contributed by atoms with Crippen LogP contribution in [-0.2, 0) is 6.18 Å². The van der Waals surface area contributed by atoms with Gasteiger partial charge in [0.25, 0.3) is 5.88 Å². The highest BCUT2D eigenvalue weighted by Crippen LogP contribution is 2.32. The molecule has 1 N–H and O–H groups in total. The molecule has 1 aliphatic heterocycles. The number of piperazine rings is 1. The molecule has 1 aliphatic rings. The van der Waals surface area contributed by atoms with E-state index in [1.165, 1.54) is 6.20 Å². The lowest BCUT2D eigenvalue weighted by atomic mass is 10.2. The van der Waals surface area contributed by atoms with Gasteiger partial charge in [0.1, 0.15) is 13.2 Å². The molecule has 1 aromatic carbocycles. The number of alkyl halides is 3. The summed E-state index contributed by atoms with van der Waals surface area (Å²) in [5, 5.41) is 3.23. The van der Waals surface area contributed by atoms with Crippen molar-refractivity contribution in [2.45, 2.75) is 6.18 Å². The van der Waals surface area contributed by atoms with Gasteiger partial charge >= 0.3 is 6.18 Å². The molecule has 0 saturated carbocycles. The van der Waals surface area contributed by atoms with Crippen LogP contribution in [0.2, 0.25) is 0 Å². The molecule has 0 spiro atoms. The van der Waals surface area contributed by atoms with Gasteiger partial charge in [-0.3, -0.25) is 0 Å². The SMILES string of the molecule is Fc1ccc(C(F)(F)F)cc1OCCOc1nccnc1N1CCNCC1. The minimum atomic E-state index is -4.57. The number of aromatic nitrogens is 2. The number of benzene rings is 1. The second-order valence-electron chi connectivity index (χ2n) is 5.76. The highest BCUT2D eigenvalue weighted by Gasteiger charge is 2.31. The van der Waals surface area contributed by atoms with Crippen LogP contribution in [0.4, 0.5) is 23.4 Å². The summed E-state index contributed by atoms with van der Waals surface area (Å²) in [6.45, 7) is 2.97. The summed E-state index contributed by atoms with van der Waals surface area (Å²) in [5.41, 5.74) is -0.977. The van der Waals surface area contributed by atoms with Crippen molar-refractivity contribution in [1.29, 1.82) is 0 Å². The third-order valence-electron chi connectivity index (χ3n) is 3.90.